The number of nitrogens with one attached hydrogen (secondary N) is 2. The van der Waals surface area contributed by atoms with Crippen molar-refractivity contribution < 1.29 is 14.2 Å². The van der Waals surface area contributed by atoms with E-state index in [0.29, 0.717) is 23.8 Å². The average molecular weight is 509 g/mol. The quantitative estimate of drug-likeness (QED) is 0.355. The van der Waals surface area contributed by atoms with Crippen molar-refractivity contribution in [2.45, 2.75) is 26.4 Å². The normalized spacial score (nSPS) is 15.2. The van der Waals surface area contributed by atoms with Gasteiger partial charge in [-0.05, 0) is 72.9 Å². The Hall–Kier alpha value is -3.14. The zero-order chi connectivity index (χ0) is 24.9. The number of aryl methyl sites for hydroxylation is 1. The van der Waals surface area contributed by atoms with E-state index in [1.165, 1.54) is 0 Å². The van der Waals surface area contributed by atoms with Gasteiger partial charge in [-0.15, -0.1) is 0 Å². The maximum Gasteiger partial charge on any atom is 0.253 e. The van der Waals surface area contributed by atoms with Gasteiger partial charge in [0.05, 0.1) is 19.8 Å². The van der Waals surface area contributed by atoms with Crippen molar-refractivity contribution >= 4 is 28.2 Å². The number of hydrogen-bond acceptors (Lipinski definition) is 6. The Balaban J connectivity index is 1.30. The smallest absolute Gasteiger partial charge is 0.253 e. The number of nitrogens with zero attached hydrogens (tertiary/aromatic N) is 2. The first kappa shape index (κ1) is 24.5. The number of rotatable bonds is 8. The van der Waals surface area contributed by atoms with Gasteiger partial charge in [-0.1, -0.05) is 18.2 Å². The molecule has 0 aliphatic carbocycles. The lowest BCUT2D eigenvalue weighted by atomic mass is 10.1. The minimum Gasteiger partial charge on any atom is -0.454 e. The summed E-state index contributed by atoms with van der Waals surface area (Å²) in [5.74, 6) is 1.48. The van der Waals surface area contributed by atoms with E-state index < -0.39 is 0 Å². The molecule has 2 aromatic carbocycles. The summed E-state index contributed by atoms with van der Waals surface area (Å²) in [6, 6.07) is 13.9. The molecule has 0 spiro atoms. The molecular formula is C27H32N4O4S. The zero-order valence-electron chi connectivity index (χ0n) is 20.5. The van der Waals surface area contributed by atoms with Crippen molar-refractivity contribution in [1.29, 1.82) is 0 Å². The van der Waals surface area contributed by atoms with Crippen LogP contribution in [-0.2, 0) is 17.8 Å². The van der Waals surface area contributed by atoms with Crippen molar-refractivity contribution in [2.75, 3.05) is 46.2 Å². The Kier molecular flexibility index (Phi) is 7.69. The predicted molar refractivity (Wildman–Crippen MR) is 144 cm³/mol. The molecule has 0 bridgehead atoms. The number of morpholine rings is 1. The Morgan fingerprint density at radius 1 is 1.08 bits per heavy atom. The minimum atomic E-state index is -0.0982. The number of aromatic nitrogens is 1. The van der Waals surface area contributed by atoms with E-state index in [1.807, 2.05) is 48.2 Å². The lowest BCUT2D eigenvalue weighted by molar-refractivity contribution is 0.0376. The molecule has 2 aliphatic heterocycles. The summed E-state index contributed by atoms with van der Waals surface area (Å²) < 4.78 is 16.4. The molecule has 3 heterocycles. The van der Waals surface area contributed by atoms with E-state index in [2.05, 4.69) is 21.3 Å². The van der Waals surface area contributed by atoms with Gasteiger partial charge < -0.3 is 29.4 Å². The summed E-state index contributed by atoms with van der Waals surface area (Å²) in [4.78, 5) is 20.4. The van der Waals surface area contributed by atoms with E-state index >= 15 is 0 Å². The van der Waals surface area contributed by atoms with Gasteiger partial charge in [0, 0.05) is 37.3 Å². The van der Waals surface area contributed by atoms with Crippen LogP contribution < -0.4 is 20.3 Å². The highest BCUT2D eigenvalue weighted by Crippen LogP contribution is 2.33. The van der Waals surface area contributed by atoms with Crippen molar-refractivity contribution in [2.24, 2.45) is 0 Å². The Morgan fingerprint density at radius 2 is 1.92 bits per heavy atom. The molecule has 0 atom stereocenters. The standard InChI is InChI=1S/C27H32N4O4S/c1-19-3-5-21-15-22(26(32)29-23(21)13-19)17-31(16-20-4-6-24-25(14-20)35-18-34-24)27(36)28-7-2-8-30-9-11-33-12-10-30/h3-6,13-15H,2,7-12,16-18H2,1H3,(H,28,36)(H,29,32). The van der Waals surface area contributed by atoms with Crippen molar-refractivity contribution in [1.82, 2.24) is 20.1 Å². The number of aromatic amines is 1. The van der Waals surface area contributed by atoms with Crippen molar-refractivity contribution in [3.8, 4) is 11.5 Å². The second kappa shape index (κ2) is 11.3. The fourth-order valence-corrected chi connectivity index (χ4v) is 4.81. The molecule has 1 fully saturated rings. The highest BCUT2D eigenvalue weighted by molar-refractivity contribution is 7.80. The molecule has 2 N–H and O–H groups in total. The molecule has 5 rings (SSSR count). The summed E-state index contributed by atoms with van der Waals surface area (Å²) >= 11 is 5.81. The number of H-pyrrole nitrogens is 1. The van der Waals surface area contributed by atoms with Gasteiger partial charge in [0.25, 0.3) is 5.56 Å². The topological polar surface area (TPSA) is 79.1 Å². The highest BCUT2D eigenvalue weighted by atomic mass is 32.1. The predicted octanol–water partition coefficient (Wildman–Crippen LogP) is 3.16. The molecule has 2 aliphatic rings. The summed E-state index contributed by atoms with van der Waals surface area (Å²) in [6.07, 6.45) is 0.980. The molecule has 3 aromatic rings. The van der Waals surface area contributed by atoms with Crippen LogP contribution in [0.4, 0.5) is 0 Å². The number of benzene rings is 2. The lowest BCUT2D eigenvalue weighted by Crippen LogP contribution is -2.42. The Bertz CT molecular complexity index is 1290. The molecular weight excluding hydrogens is 476 g/mol. The van der Waals surface area contributed by atoms with Crippen LogP contribution in [0.15, 0.2) is 47.3 Å². The molecule has 9 heteroatoms. The third-order valence-electron chi connectivity index (χ3n) is 6.57. The minimum absolute atomic E-state index is 0.0982. The first-order valence-corrected chi connectivity index (χ1v) is 12.8. The summed E-state index contributed by atoms with van der Waals surface area (Å²) in [6.45, 7) is 8.51. The molecule has 190 valence electrons. The number of pyridine rings is 1. The molecule has 0 unspecified atom stereocenters. The van der Waals surface area contributed by atoms with Crippen LogP contribution in [0.1, 0.15) is 23.1 Å². The molecule has 0 radical (unpaired) electrons. The van der Waals surface area contributed by atoms with Crippen LogP contribution in [0.2, 0.25) is 0 Å². The fraction of sp³-hybridized carbons (Fsp3) is 0.407. The second-order valence-corrected chi connectivity index (χ2v) is 9.68. The Labute approximate surface area is 216 Å². The lowest BCUT2D eigenvalue weighted by Gasteiger charge is -2.28. The van der Waals surface area contributed by atoms with Crippen molar-refractivity contribution in [3.63, 3.8) is 0 Å². The zero-order valence-corrected chi connectivity index (χ0v) is 21.4. The largest absolute Gasteiger partial charge is 0.454 e. The van der Waals surface area contributed by atoms with Crippen molar-refractivity contribution in [3.05, 3.63) is 69.5 Å². The first-order valence-electron chi connectivity index (χ1n) is 12.4. The third kappa shape index (κ3) is 5.98. The number of ether oxygens (including phenoxy) is 3. The SMILES string of the molecule is Cc1ccc2cc(CN(Cc3ccc4c(c3)OCO4)C(=S)NCCCN3CCOCC3)c(=O)[nH]c2c1. The summed E-state index contributed by atoms with van der Waals surface area (Å²) in [5.41, 5.74) is 3.56. The molecule has 36 heavy (non-hydrogen) atoms. The first-order chi connectivity index (χ1) is 17.5. The van der Waals surface area contributed by atoms with Gasteiger partial charge in [0.1, 0.15) is 0 Å². The van der Waals surface area contributed by atoms with Crippen LogP contribution in [0.5, 0.6) is 11.5 Å². The van der Waals surface area contributed by atoms with Gasteiger partial charge in [0.15, 0.2) is 16.6 Å². The van der Waals surface area contributed by atoms with Gasteiger partial charge in [-0.25, -0.2) is 0 Å². The maximum atomic E-state index is 12.9. The van der Waals surface area contributed by atoms with Crippen LogP contribution in [0.25, 0.3) is 10.9 Å². The highest BCUT2D eigenvalue weighted by Gasteiger charge is 2.18. The fourth-order valence-electron chi connectivity index (χ4n) is 4.58. The monoisotopic (exact) mass is 508 g/mol. The summed E-state index contributed by atoms with van der Waals surface area (Å²) in [5, 5.41) is 5.04. The number of fused-ring (bicyclic) bond motifs is 2. The second-order valence-electron chi connectivity index (χ2n) is 9.30. The molecule has 0 amide bonds. The van der Waals surface area contributed by atoms with E-state index in [1.54, 1.807) is 0 Å². The van der Waals surface area contributed by atoms with Crippen LogP contribution in [0, 0.1) is 6.92 Å². The van der Waals surface area contributed by atoms with Crippen LogP contribution in [0.3, 0.4) is 0 Å². The van der Waals surface area contributed by atoms with Crippen LogP contribution >= 0.6 is 12.2 Å². The third-order valence-corrected chi connectivity index (χ3v) is 6.97. The number of hydrogen-bond donors (Lipinski definition) is 2. The molecule has 1 saturated heterocycles. The van der Waals surface area contributed by atoms with Gasteiger partial charge in [0.2, 0.25) is 6.79 Å². The van der Waals surface area contributed by atoms with Gasteiger partial charge in [-0.3, -0.25) is 9.69 Å². The van der Waals surface area contributed by atoms with E-state index in [0.717, 1.165) is 79.3 Å². The maximum absolute atomic E-state index is 12.9. The van der Waals surface area contributed by atoms with E-state index in [4.69, 9.17) is 26.4 Å². The van der Waals surface area contributed by atoms with Crippen LogP contribution in [-0.4, -0.2) is 66.1 Å². The molecule has 0 saturated carbocycles. The number of thiocarbonyl (C=S) groups is 1. The molecule has 1 aromatic heterocycles. The average Bonchev–Trinajstić information content (AvgIpc) is 3.35. The van der Waals surface area contributed by atoms with E-state index in [-0.39, 0.29) is 12.4 Å². The van der Waals surface area contributed by atoms with E-state index in [9.17, 15) is 4.79 Å². The van der Waals surface area contributed by atoms with Gasteiger partial charge in [-0.2, -0.15) is 0 Å². The Morgan fingerprint density at radius 3 is 2.78 bits per heavy atom. The summed E-state index contributed by atoms with van der Waals surface area (Å²) in [7, 11) is 0. The molecule has 8 nitrogen and oxygen atoms in total. The van der Waals surface area contributed by atoms with Gasteiger partial charge >= 0.3 is 0 Å².